The molecule has 0 aliphatic carbocycles. The number of likely N-dealkylation sites (tertiary alicyclic amines) is 1. The molecule has 1 aliphatic rings. The lowest BCUT2D eigenvalue weighted by Crippen LogP contribution is -2.39. The van der Waals surface area contributed by atoms with Crippen molar-refractivity contribution in [3.63, 3.8) is 0 Å². The van der Waals surface area contributed by atoms with Crippen LogP contribution in [0.3, 0.4) is 0 Å². The van der Waals surface area contributed by atoms with E-state index in [0.717, 1.165) is 54.6 Å². The van der Waals surface area contributed by atoms with Crippen LogP contribution in [0.4, 0.5) is 0 Å². The predicted molar refractivity (Wildman–Crippen MR) is 107 cm³/mol. The second-order valence-corrected chi connectivity index (χ2v) is 7.25. The highest BCUT2D eigenvalue weighted by atomic mass is 16.3. The Balaban J connectivity index is 1.39. The summed E-state index contributed by atoms with van der Waals surface area (Å²) >= 11 is 0. The maximum Gasteiger partial charge on any atom is 0.222 e. The highest BCUT2D eigenvalue weighted by Crippen LogP contribution is 2.25. The number of aliphatic hydroxyl groups excluding tert-OH is 1. The van der Waals surface area contributed by atoms with Gasteiger partial charge in [-0.1, -0.05) is 12.1 Å². The van der Waals surface area contributed by atoms with Gasteiger partial charge in [-0.2, -0.15) is 5.10 Å². The Morgan fingerprint density at radius 2 is 1.89 bits per heavy atom. The molecule has 2 aromatic heterocycles. The third-order valence-electron chi connectivity index (χ3n) is 5.34. The number of carbonyl (C=O) groups excluding carboxylic acids is 1. The number of para-hydroxylation sites is 2. The number of aromatic nitrogens is 4. The minimum absolute atomic E-state index is 0.151. The first-order valence-electron chi connectivity index (χ1n) is 9.89. The van der Waals surface area contributed by atoms with Gasteiger partial charge in [0.2, 0.25) is 5.91 Å². The molecule has 7 heteroatoms. The van der Waals surface area contributed by atoms with Gasteiger partial charge in [0, 0.05) is 37.9 Å². The Bertz CT molecular complexity index is 947. The minimum atomic E-state index is 0.151. The lowest BCUT2D eigenvalue weighted by atomic mass is 10.0. The lowest BCUT2D eigenvalue weighted by Gasteiger charge is -2.32. The van der Waals surface area contributed by atoms with Crippen molar-refractivity contribution >= 4 is 16.9 Å². The summed E-state index contributed by atoms with van der Waals surface area (Å²) in [6.07, 6.45) is 9.43. The Kier molecular flexibility index (Phi) is 5.62. The zero-order valence-corrected chi connectivity index (χ0v) is 15.9. The van der Waals surface area contributed by atoms with E-state index in [2.05, 4.69) is 15.1 Å². The van der Waals surface area contributed by atoms with Crippen LogP contribution in [0.15, 0.2) is 42.9 Å². The number of piperidine rings is 1. The van der Waals surface area contributed by atoms with Crippen LogP contribution in [-0.4, -0.2) is 55.4 Å². The standard InChI is InChI=1S/C21H25N5O2/c27-12-4-3-7-21(28)25-10-8-17(9-11-25)26-15-16(13-23-26)20-14-22-18-5-1-2-6-19(18)24-20/h1-2,5-6,13-15,17,27H,3-4,7-12H2. The topological polar surface area (TPSA) is 84.1 Å². The van der Waals surface area contributed by atoms with Crippen molar-refractivity contribution in [3.8, 4) is 11.3 Å². The van der Waals surface area contributed by atoms with Gasteiger partial charge in [-0.25, -0.2) is 4.98 Å². The fraction of sp³-hybridized carbons (Fsp3) is 0.429. The molecule has 1 N–H and O–H groups in total. The lowest BCUT2D eigenvalue weighted by molar-refractivity contribution is -0.132. The molecule has 3 aromatic rings. The monoisotopic (exact) mass is 379 g/mol. The van der Waals surface area contributed by atoms with Crippen LogP contribution in [0.1, 0.15) is 38.1 Å². The van der Waals surface area contributed by atoms with E-state index in [1.54, 1.807) is 6.20 Å². The maximum atomic E-state index is 12.2. The summed E-state index contributed by atoms with van der Waals surface area (Å²) in [6, 6.07) is 8.13. The number of benzene rings is 1. The van der Waals surface area contributed by atoms with Crippen molar-refractivity contribution in [2.75, 3.05) is 19.7 Å². The minimum Gasteiger partial charge on any atom is -0.396 e. The van der Waals surface area contributed by atoms with E-state index in [9.17, 15) is 4.79 Å². The molecule has 1 saturated heterocycles. The van der Waals surface area contributed by atoms with Crippen molar-refractivity contribution in [2.45, 2.75) is 38.1 Å². The van der Waals surface area contributed by atoms with Crippen LogP contribution in [0.25, 0.3) is 22.3 Å². The number of hydrogen-bond acceptors (Lipinski definition) is 5. The Morgan fingerprint density at radius 1 is 1.11 bits per heavy atom. The number of aliphatic hydroxyl groups is 1. The molecule has 0 radical (unpaired) electrons. The Morgan fingerprint density at radius 3 is 2.68 bits per heavy atom. The van der Waals surface area contributed by atoms with Gasteiger partial charge in [-0.15, -0.1) is 0 Å². The van der Waals surface area contributed by atoms with Crippen molar-refractivity contribution in [1.82, 2.24) is 24.6 Å². The van der Waals surface area contributed by atoms with E-state index in [1.165, 1.54) is 0 Å². The summed E-state index contributed by atoms with van der Waals surface area (Å²) in [5, 5.41) is 13.4. The smallest absolute Gasteiger partial charge is 0.222 e. The maximum absolute atomic E-state index is 12.2. The van der Waals surface area contributed by atoms with E-state index >= 15 is 0 Å². The molecule has 0 bridgehead atoms. The first-order valence-corrected chi connectivity index (χ1v) is 9.89. The van der Waals surface area contributed by atoms with Gasteiger partial charge in [0.25, 0.3) is 0 Å². The number of amides is 1. The predicted octanol–water partition coefficient (Wildman–Crippen LogP) is 2.82. The Labute approximate surface area is 164 Å². The third-order valence-corrected chi connectivity index (χ3v) is 5.34. The molecule has 146 valence electrons. The number of hydrogen-bond donors (Lipinski definition) is 1. The summed E-state index contributed by atoms with van der Waals surface area (Å²) in [4.78, 5) is 23.3. The molecule has 4 rings (SSSR count). The molecule has 1 aromatic carbocycles. The first kappa shape index (κ1) is 18.6. The van der Waals surface area contributed by atoms with Crippen LogP contribution >= 0.6 is 0 Å². The second kappa shape index (κ2) is 8.48. The number of carbonyl (C=O) groups is 1. The van der Waals surface area contributed by atoms with Gasteiger partial charge in [0.1, 0.15) is 0 Å². The molecule has 7 nitrogen and oxygen atoms in total. The molecule has 3 heterocycles. The highest BCUT2D eigenvalue weighted by molar-refractivity contribution is 5.77. The van der Waals surface area contributed by atoms with Gasteiger partial charge in [-0.3, -0.25) is 14.5 Å². The van der Waals surface area contributed by atoms with Crippen LogP contribution < -0.4 is 0 Å². The van der Waals surface area contributed by atoms with Gasteiger partial charge in [-0.05, 0) is 37.8 Å². The molecule has 1 amide bonds. The molecule has 1 aliphatic heterocycles. The van der Waals surface area contributed by atoms with Gasteiger partial charge in [0.15, 0.2) is 0 Å². The number of nitrogens with zero attached hydrogens (tertiary/aromatic N) is 5. The van der Waals surface area contributed by atoms with Crippen molar-refractivity contribution in [1.29, 1.82) is 0 Å². The van der Waals surface area contributed by atoms with E-state index in [-0.39, 0.29) is 12.5 Å². The van der Waals surface area contributed by atoms with E-state index in [4.69, 9.17) is 5.11 Å². The quantitative estimate of drug-likeness (QED) is 0.666. The van der Waals surface area contributed by atoms with Gasteiger partial charge >= 0.3 is 0 Å². The summed E-state index contributed by atoms with van der Waals surface area (Å²) in [5.74, 6) is 0.194. The Hall–Kier alpha value is -2.80. The molecule has 0 atom stereocenters. The zero-order chi connectivity index (χ0) is 19.3. The fourth-order valence-corrected chi connectivity index (χ4v) is 3.69. The summed E-state index contributed by atoms with van der Waals surface area (Å²) in [7, 11) is 0. The summed E-state index contributed by atoms with van der Waals surface area (Å²) in [5.41, 5.74) is 3.54. The largest absolute Gasteiger partial charge is 0.396 e. The van der Waals surface area contributed by atoms with Crippen LogP contribution in [-0.2, 0) is 4.79 Å². The number of rotatable bonds is 6. The van der Waals surface area contributed by atoms with Crippen LogP contribution in [0.2, 0.25) is 0 Å². The molecule has 0 unspecified atom stereocenters. The molecule has 0 saturated carbocycles. The van der Waals surface area contributed by atoms with Crippen molar-refractivity contribution < 1.29 is 9.90 Å². The number of unbranched alkanes of at least 4 members (excludes halogenated alkanes) is 1. The highest BCUT2D eigenvalue weighted by Gasteiger charge is 2.24. The summed E-state index contributed by atoms with van der Waals surface area (Å²) in [6.45, 7) is 1.67. The van der Waals surface area contributed by atoms with Crippen molar-refractivity contribution in [2.24, 2.45) is 0 Å². The van der Waals surface area contributed by atoms with Crippen molar-refractivity contribution in [3.05, 3.63) is 42.9 Å². The normalized spacial score (nSPS) is 15.2. The average molecular weight is 379 g/mol. The van der Waals surface area contributed by atoms with Gasteiger partial charge in [0.05, 0.1) is 35.2 Å². The fourth-order valence-electron chi connectivity index (χ4n) is 3.69. The number of fused-ring (bicyclic) bond motifs is 1. The SMILES string of the molecule is O=C(CCCCO)N1CCC(n2cc(-c3cnc4ccccc4n3)cn2)CC1. The molecular formula is C21H25N5O2. The van der Waals surface area contributed by atoms with E-state index < -0.39 is 0 Å². The summed E-state index contributed by atoms with van der Waals surface area (Å²) < 4.78 is 2.00. The molecule has 28 heavy (non-hydrogen) atoms. The van der Waals surface area contributed by atoms with E-state index in [1.807, 2.05) is 46.2 Å². The molecule has 0 spiro atoms. The molecule has 1 fully saturated rings. The second-order valence-electron chi connectivity index (χ2n) is 7.25. The first-order chi connectivity index (χ1) is 13.7. The van der Waals surface area contributed by atoms with Gasteiger partial charge < -0.3 is 10.0 Å². The van der Waals surface area contributed by atoms with Crippen LogP contribution in [0.5, 0.6) is 0 Å². The molecular weight excluding hydrogens is 354 g/mol. The zero-order valence-electron chi connectivity index (χ0n) is 15.9. The van der Waals surface area contributed by atoms with Crippen LogP contribution in [0, 0.1) is 0 Å². The third kappa shape index (κ3) is 4.04. The average Bonchev–Trinajstić information content (AvgIpc) is 3.24. The van der Waals surface area contributed by atoms with E-state index in [0.29, 0.717) is 18.9 Å².